The van der Waals surface area contributed by atoms with E-state index in [-0.39, 0.29) is 51.9 Å². The van der Waals surface area contributed by atoms with Gasteiger partial charge in [-0.05, 0) is 56.2 Å². The lowest BCUT2D eigenvalue weighted by Crippen LogP contribution is -2.76. The highest BCUT2D eigenvalue weighted by molar-refractivity contribution is 5.90. The molecule has 5 aliphatic rings. The zero-order valence-corrected chi connectivity index (χ0v) is 17.4. The van der Waals surface area contributed by atoms with Crippen molar-refractivity contribution in [3.05, 3.63) is 23.3 Å². The molecule has 0 aromatic heterocycles. The number of benzene rings is 1. The summed E-state index contributed by atoms with van der Waals surface area (Å²) in [7, 11) is 0. The van der Waals surface area contributed by atoms with E-state index in [2.05, 4.69) is 4.90 Å². The third-order valence-electron chi connectivity index (χ3n) is 7.56. The molecular formula is C20H32ClNO8. The van der Waals surface area contributed by atoms with E-state index >= 15 is 0 Å². The Morgan fingerprint density at radius 1 is 1.13 bits per heavy atom. The van der Waals surface area contributed by atoms with Gasteiger partial charge in [0.05, 0.1) is 11.0 Å². The molecule has 0 radical (unpaired) electrons. The smallest absolute Gasteiger partial charge is 0.174 e. The highest BCUT2D eigenvalue weighted by Crippen LogP contribution is 2.64. The molecule has 3 aliphatic carbocycles. The Morgan fingerprint density at radius 3 is 2.50 bits per heavy atom. The lowest BCUT2D eigenvalue weighted by Gasteiger charge is -2.62. The van der Waals surface area contributed by atoms with Gasteiger partial charge in [0.25, 0.3) is 0 Å². The Bertz CT molecular complexity index is 818. The first-order chi connectivity index (χ1) is 12.0. The summed E-state index contributed by atoms with van der Waals surface area (Å²) in [6.07, 6.45) is 4.33. The second-order valence-electron chi connectivity index (χ2n) is 8.72. The Morgan fingerprint density at radius 2 is 1.83 bits per heavy atom. The minimum absolute atomic E-state index is 0. The summed E-state index contributed by atoms with van der Waals surface area (Å²) >= 11 is 0. The van der Waals surface area contributed by atoms with Crippen molar-refractivity contribution < 1.29 is 41.6 Å². The van der Waals surface area contributed by atoms with Crippen molar-refractivity contribution in [1.29, 1.82) is 0 Å². The predicted octanol–water partition coefficient (Wildman–Crippen LogP) is -1.35. The summed E-state index contributed by atoms with van der Waals surface area (Å²) in [4.78, 5) is 15.2. The molecule has 3 fully saturated rings. The maximum absolute atomic E-state index is 12.7. The molecule has 10 N–H and O–H groups in total. The van der Waals surface area contributed by atoms with Crippen molar-refractivity contribution in [2.45, 2.75) is 61.7 Å². The van der Waals surface area contributed by atoms with Crippen LogP contribution in [0.4, 0.5) is 0 Å². The maximum atomic E-state index is 12.7. The number of aliphatic hydroxyl groups is 1. The average Bonchev–Trinajstić information content (AvgIpc) is 3.32. The third kappa shape index (κ3) is 2.88. The summed E-state index contributed by atoms with van der Waals surface area (Å²) in [6, 6.07) is 3.69. The van der Waals surface area contributed by atoms with Crippen LogP contribution in [0.3, 0.4) is 0 Å². The zero-order valence-electron chi connectivity index (χ0n) is 16.6. The number of carbonyl (C=O) groups is 1. The van der Waals surface area contributed by atoms with Gasteiger partial charge >= 0.3 is 0 Å². The van der Waals surface area contributed by atoms with E-state index in [9.17, 15) is 15.0 Å². The number of piperidine rings is 1. The fourth-order valence-electron chi connectivity index (χ4n) is 6.26. The number of carbonyl (C=O) groups excluding carboxylic acids is 1. The van der Waals surface area contributed by atoms with E-state index < -0.39 is 17.1 Å². The van der Waals surface area contributed by atoms with Crippen LogP contribution < -0.4 is 4.74 Å². The minimum Gasteiger partial charge on any atom is -0.504 e. The summed E-state index contributed by atoms with van der Waals surface area (Å²) in [5, 5.41) is 22.3. The lowest BCUT2D eigenvalue weighted by atomic mass is 9.49. The van der Waals surface area contributed by atoms with Gasteiger partial charge in [-0.25, -0.2) is 0 Å². The number of hydrogen-bond acceptors (Lipinski definition) is 5. The van der Waals surface area contributed by atoms with Gasteiger partial charge in [0.15, 0.2) is 23.4 Å². The van der Waals surface area contributed by atoms with Gasteiger partial charge < -0.3 is 36.9 Å². The number of Topliss-reactive ketones (excluding diaryl/α,β-unsaturated/α-hetero) is 1. The number of phenolic OH excluding ortho intramolecular Hbond substituents is 1. The normalized spacial score (nSPS) is 34.5. The van der Waals surface area contributed by atoms with Crippen LogP contribution in [0.25, 0.3) is 0 Å². The van der Waals surface area contributed by atoms with Gasteiger partial charge in [-0.2, -0.15) is 0 Å². The van der Waals surface area contributed by atoms with E-state index in [1.807, 2.05) is 6.07 Å². The van der Waals surface area contributed by atoms with Crippen molar-refractivity contribution >= 4 is 18.2 Å². The Hall–Kier alpha value is -1.46. The minimum atomic E-state index is -0.940. The van der Waals surface area contributed by atoms with E-state index in [1.54, 1.807) is 6.07 Å². The quantitative estimate of drug-likeness (QED) is 0.561. The molecule has 0 unspecified atom stereocenters. The van der Waals surface area contributed by atoms with E-state index in [4.69, 9.17) is 4.74 Å². The highest BCUT2D eigenvalue weighted by atomic mass is 35.5. The molecule has 2 aliphatic heterocycles. The van der Waals surface area contributed by atoms with Crippen LogP contribution in [0.15, 0.2) is 12.1 Å². The molecule has 10 heteroatoms. The molecule has 0 amide bonds. The van der Waals surface area contributed by atoms with Gasteiger partial charge in [0.2, 0.25) is 0 Å². The molecule has 1 aromatic rings. The number of aromatic hydroxyl groups is 1. The van der Waals surface area contributed by atoms with E-state index in [0.717, 1.165) is 43.0 Å². The topological polar surface area (TPSA) is 196 Å². The molecule has 6 rings (SSSR count). The average molecular weight is 450 g/mol. The number of rotatable bonds is 2. The van der Waals surface area contributed by atoms with Crippen molar-refractivity contribution in [2.75, 3.05) is 13.1 Å². The van der Waals surface area contributed by atoms with Crippen LogP contribution >= 0.6 is 12.4 Å². The number of likely N-dealkylation sites (tertiary alicyclic amines) is 1. The van der Waals surface area contributed by atoms with Crippen molar-refractivity contribution in [3.63, 3.8) is 0 Å². The van der Waals surface area contributed by atoms with E-state index in [1.165, 1.54) is 12.8 Å². The van der Waals surface area contributed by atoms with Crippen molar-refractivity contribution in [2.24, 2.45) is 5.92 Å². The Kier molecular flexibility index (Phi) is 7.29. The molecule has 1 aromatic carbocycles. The van der Waals surface area contributed by atoms with Crippen LogP contribution in [0, 0.1) is 5.92 Å². The number of halogens is 1. The molecule has 4 atom stereocenters. The van der Waals surface area contributed by atoms with Gasteiger partial charge in [-0.3, -0.25) is 9.69 Å². The van der Waals surface area contributed by atoms with Crippen LogP contribution in [0.1, 0.15) is 43.2 Å². The SMILES string of the molecule is Cl.O.O.O.O.O=C1CC[C@@]2(O)[C@H]3Cc4ccc(O)c5c4[C@@]2(CCN3CC2CC2)[C@H]1O5. The molecule has 172 valence electrons. The summed E-state index contributed by atoms with van der Waals surface area (Å²) < 4.78 is 6.04. The molecular weight excluding hydrogens is 418 g/mol. The van der Waals surface area contributed by atoms with Crippen LogP contribution in [-0.4, -0.2) is 73.6 Å². The van der Waals surface area contributed by atoms with E-state index in [0.29, 0.717) is 18.6 Å². The fraction of sp³-hybridized carbons (Fsp3) is 0.650. The molecule has 9 nitrogen and oxygen atoms in total. The predicted molar refractivity (Wildman–Crippen MR) is 112 cm³/mol. The second-order valence-corrected chi connectivity index (χ2v) is 8.72. The number of hydrogen-bond donors (Lipinski definition) is 2. The summed E-state index contributed by atoms with van der Waals surface area (Å²) in [5.74, 6) is 1.39. The van der Waals surface area contributed by atoms with Crippen molar-refractivity contribution in [3.8, 4) is 11.5 Å². The number of ether oxygens (including phenoxy) is 1. The maximum Gasteiger partial charge on any atom is 0.174 e. The first-order valence-corrected chi connectivity index (χ1v) is 9.56. The molecule has 1 saturated heterocycles. The summed E-state index contributed by atoms with van der Waals surface area (Å²) in [5.41, 5.74) is 0.454. The lowest BCUT2D eigenvalue weighted by molar-refractivity contribution is -0.188. The van der Waals surface area contributed by atoms with Gasteiger partial charge in [0, 0.05) is 24.6 Å². The molecule has 1 spiro atoms. The Balaban J connectivity index is 0.000000900. The Labute approximate surface area is 180 Å². The number of phenols is 1. The standard InChI is InChI=1S/C20H23NO4.ClH.4H2O/c22-13-4-3-12-9-15-20(24)6-5-14(23)18-19(20,16(12)17(13)25-18)7-8-21(15)10-11-1-2-11;;;;;/h3-4,11,15,18,22,24H,1-2,5-10H2;1H;4*1H2/t15-,18+,19+,20-;;;;;/m1...../s1. The van der Waals surface area contributed by atoms with Crippen molar-refractivity contribution in [1.82, 2.24) is 4.90 Å². The number of nitrogens with zero attached hydrogens (tertiary/aromatic N) is 1. The molecule has 30 heavy (non-hydrogen) atoms. The van der Waals surface area contributed by atoms with Gasteiger partial charge in [-0.1, -0.05) is 6.07 Å². The monoisotopic (exact) mass is 449 g/mol. The van der Waals surface area contributed by atoms with Gasteiger partial charge in [-0.15, -0.1) is 12.4 Å². The zero-order chi connectivity index (χ0) is 17.0. The molecule has 2 saturated carbocycles. The second kappa shape index (κ2) is 8.23. The first kappa shape index (κ1) is 26.6. The van der Waals surface area contributed by atoms with Crippen LogP contribution in [0.5, 0.6) is 11.5 Å². The largest absolute Gasteiger partial charge is 0.504 e. The van der Waals surface area contributed by atoms with Crippen LogP contribution in [0.2, 0.25) is 0 Å². The van der Waals surface area contributed by atoms with Gasteiger partial charge in [0.1, 0.15) is 0 Å². The fourth-order valence-corrected chi connectivity index (χ4v) is 6.26. The molecule has 2 heterocycles. The summed E-state index contributed by atoms with van der Waals surface area (Å²) in [6.45, 7) is 1.95. The van der Waals surface area contributed by atoms with Crippen LogP contribution in [-0.2, 0) is 16.6 Å². The number of ketones is 1. The first-order valence-electron chi connectivity index (χ1n) is 9.56. The highest BCUT2D eigenvalue weighted by Gasteiger charge is 2.73. The third-order valence-corrected chi connectivity index (χ3v) is 7.56. The molecule has 2 bridgehead atoms.